The van der Waals surface area contributed by atoms with Crippen molar-refractivity contribution in [3.05, 3.63) is 48.2 Å². The molecule has 0 unspecified atom stereocenters. The van der Waals surface area contributed by atoms with Crippen LogP contribution in [0.2, 0.25) is 0 Å². The van der Waals surface area contributed by atoms with E-state index in [0.29, 0.717) is 0 Å². The average molecular weight is 172 g/mol. The van der Waals surface area contributed by atoms with Crippen molar-refractivity contribution in [2.45, 2.75) is 0 Å². The van der Waals surface area contributed by atoms with Crippen LogP contribution in [0.15, 0.2) is 37.2 Å². The minimum absolute atomic E-state index is 0.769. The lowest BCUT2D eigenvalue weighted by atomic mass is 10.3. The van der Waals surface area contributed by atoms with Crippen LogP contribution in [0.3, 0.4) is 0 Å². The number of nitrogens with zero attached hydrogens (tertiary/aromatic N) is 4. The van der Waals surface area contributed by atoms with Crippen LogP contribution in [-0.4, -0.2) is 21.3 Å². The van der Waals surface area contributed by atoms with Crippen molar-refractivity contribution in [3.8, 4) is 0 Å². The molecule has 0 saturated carbocycles. The van der Waals surface area contributed by atoms with Gasteiger partial charge >= 0.3 is 0 Å². The van der Waals surface area contributed by atoms with Gasteiger partial charge < -0.3 is 5.32 Å². The zero-order valence-electron chi connectivity index (χ0n) is 6.96. The molecule has 0 radical (unpaired) electrons. The second kappa shape index (κ2) is 3.18. The van der Waals surface area contributed by atoms with Gasteiger partial charge in [0.05, 0.1) is 6.20 Å². The maximum atomic E-state index is 4.15. The van der Waals surface area contributed by atoms with Crippen molar-refractivity contribution >= 4 is 12.4 Å². The van der Waals surface area contributed by atoms with Crippen molar-refractivity contribution in [3.63, 3.8) is 0 Å². The number of aromatic nitrogens is 2. The fraction of sp³-hybridized carbons (Fsp3) is 0. The van der Waals surface area contributed by atoms with E-state index in [1.807, 2.05) is 0 Å². The van der Waals surface area contributed by atoms with Gasteiger partial charge in [-0.1, -0.05) is 6.20 Å². The quantitative estimate of drug-likeness (QED) is 0.600. The first-order valence-electron chi connectivity index (χ1n) is 3.81. The Hall–Kier alpha value is -1.97. The van der Waals surface area contributed by atoms with Gasteiger partial charge in [0.1, 0.15) is 6.72 Å². The number of hydrogen-bond acceptors (Lipinski definition) is 2. The van der Waals surface area contributed by atoms with Crippen LogP contribution in [0.5, 0.6) is 0 Å². The second-order valence-electron chi connectivity index (χ2n) is 2.52. The molecule has 1 aliphatic rings. The monoisotopic (exact) mass is 172 g/mol. The summed E-state index contributed by atoms with van der Waals surface area (Å²) in [5, 5.41) is 3.99. The van der Waals surface area contributed by atoms with Gasteiger partial charge in [-0.25, -0.2) is 4.98 Å². The minimum atomic E-state index is 0.769. The molecule has 64 valence electrons. The lowest BCUT2D eigenvalue weighted by Gasteiger charge is -2.13. The highest BCUT2D eigenvalue weighted by Gasteiger charge is 2.10. The van der Waals surface area contributed by atoms with Gasteiger partial charge in [-0.05, 0) is 0 Å². The third kappa shape index (κ3) is 1.46. The third-order valence-corrected chi connectivity index (χ3v) is 1.66. The summed E-state index contributed by atoms with van der Waals surface area (Å²) in [6, 6.07) is 0. The van der Waals surface area contributed by atoms with Crippen LogP contribution in [0.4, 0.5) is 0 Å². The zero-order chi connectivity index (χ0) is 9.10. The SMILES string of the molecule is C=[N+]1C=C[N-]C=C1c1cnccn1. The van der Waals surface area contributed by atoms with Crippen molar-refractivity contribution < 1.29 is 4.58 Å². The Morgan fingerprint density at radius 1 is 1.38 bits per heavy atom. The Labute approximate surface area is 76.0 Å². The van der Waals surface area contributed by atoms with Crippen LogP contribution in [-0.2, 0) is 0 Å². The Balaban J connectivity index is 2.37. The largest absolute Gasteiger partial charge is 0.660 e. The average Bonchev–Trinajstić information content (AvgIpc) is 2.20. The predicted octanol–water partition coefficient (Wildman–Crippen LogP) is 1.35. The van der Waals surface area contributed by atoms with Gasteiger partial charge in [-0.15, -0.1) is 6.20 Å². The number of hydrogen-bond donors (Lipinski definition) is 0. The maximum Gasteiger partial charge on any atom is 0.215 e. The summed E-state index contributed by atoms with van der Waals surface area (Å²) in [6.07, 6.45) is 10.1. The second-order valence-corrected chi connectivity index (χ2v) is 2.52. The number of rotatable bonds is 1. The molecule has 0 N–H and O–H groups in total. The van der Waals surface area contributed by atoms with Crippen LogP contribution in [0, 0.1) is 0 Å². The summed E-state index contributed by atoms with van der Waals surface area (Å²) in [5.74, 6) is 0. The van der Waals surface area contributed by atoms with Gasteiger partial charge in [0.2, 0.25) is 5.70 Å². The molecule has 0 spiro atoms. The molecule has 0 bridgehead atoms. The summed E-state index contributed by atoms with van der Waals surface area (Å²) < 4.78 is 1.71. The van der Waals surface area contributed by atoms with E-state index in [2.05, 4.69) is 22.0 Å². The smallest absolute Gasteiger partial charge is 0.215 e. The molecule has 2 heterocycles. The molecule has 4 heteroatoms. The third-order valence-electron chi connectivity index (χ3n) is 1.66. The van der Waals surface area contributed by atoms with Crippen LogP contribution >= 0.6 is 0 Å². The summed E-state index contributed by atoms with van der Waals surface area (Å²) in [5.41, 5.74) is 1.61. The summed E-state index contributed by atoms with van der Waals surface area (Å²) in [4.78, 5) is 8.12. The van der Waals surface area contributed by atoms with Crippen molar-refractivity contribution in [1.29, 1.82) is 0 Å². The normalized spacial score (nSPS) is 15.1. The Morgan fingerprint density at radius 2 is 2.31 bits per heavy atom. The predicted molar refractivity (Wildman–Crippen MR) is 49.9 cm³/mol. The molecule has 1 aromatic rings. The molecule has 0 fully saturated rings. The highest BCUT2D eigenvalue weighted by molar-refractivity contribution is 5.59. The first kappa shape index (κ1) is 7.67. The highest BCUT2D eigenvalue weighted by atomic mass is 15.1. The van der Waals surface area contributed by atoms with Crippen LogP contribution < -0.4 is 0 Å². The maximum absolute atomic E-state index is 4.15. The highest BCUT2D eigenvalue weighted by Crippen LogP contribution is 2.17. The fourth-order valence-corrected chi connectivity index (χ4v) is 1.03. The van der Waals surface area contributed by atoms with Gasteiger partial charge in [-0.3, -0.25) is 4.98 Å². The van der Waals surface area contributed by atoms with Crippen LogP contribution in [0.1, 0.15) is 5.69 Å². The van der Waals surface area contributed by atoms with E-state index in [-0.39, 0.29) is 0 Å². The fourth-order valence-electron chi connectivity index (χ4n) is 1.03. The molecular weight excluding hydrogens is 164 g/mol. The van der Waals surface area contributed by atoms with E-state index in [9.17, 15) is 0 Å². The van der Waals surface area contributed by atoms with E-state index < -0.39 is 0 Å². The lowest BCUT2D eigenvalue weighted by molar-refractivity contribution is -0.341. The van der Waals surface area contributed by atoms with Crippen molar-refractivity contribution in [2.75, 3.05) is 0 Å². The summed E-state index contributed by atoms with van der Waals surface area (Å²) >= 11 is 0. The molecule has 2 rings (SSSR count). The molecule has 1 aromatic heterocycles. The van der Waals surface area contributed by atoms with Crippen molar-refractivity contribution in [2.24, 2.45) is 0 Å². The molecular formula is C9H8N4. The van der Waals surface area contributed by atoms with Gasteiger partial charge in [0.25, 0.3) is 0 Å². The Kier molecular flexibility index (Phi) is 1.88. The van der Waals surface area contributed by atoms with Crippen LogP contribution in [0.25, 0.3) is 11.0 Å². The van der Waals surface area contributed by atoms with Crippen molar-refractivity contribution in [1.82, 2.24) is 9.97 Å². The van der Waals surface area contributed by atoms with E-state index in [4.69, 9.17) is 0 Å². The lowest BCUT2D eigenvalue weighted by Crippen LogP contribution is -2.04. The van der Waals surface area contributed by atoms with Gasteiger partial charge in [0.15, 0.2) is 11.9 Å². The standard InChI is InChI=1S/C9H8N4/c1-13-5-4-11-7-9(13)8-6-10-2-3-12-8/h2-7H,1H2. The van der Waals surface area contributed by atoms with E-state index in [0.717, 1.165) is 11.4 Å². The molecule has 0 atom stereocenters. The zero-order valence-corrected chi connectivity index (χ0v) is 6.96. The minimum Gasteiger partial charge on any atom is -0.660 e. The molecule has 0 saturated heterocycles. The Morgan fingerprint density at radius 3 is 3.00 bits per heavy atom. The summed E-state index contributed by atoms with van der Waals surface area (Å²) in [7, 11) is 0. The Bertz CT molecular complexity index is 378. The first-order valence-corrected chi connectivity index (χ1v) is 3.81. The van der Waals surface area contributed by atoms with E-state index in [1.54, 1.807) is 41.8 Å². The molecule has 0 aliphatic carbocycles. The van der Waals surface area contributed by atoms with Gasteiger partial charge in [-0.2, -0.15) is 4.58 Å². The van der Waals surface area contributed by atoms with Gasteiger partial charge in [0, 0.05) is 12.4 Å². The topological polar surface area (TPSA) is 42.9 Å². The first-order chi connectivity index (χ1) is 6.38. The molecule has 0 aromatic carbocycles. The molecule has 1 aliphatic heterocycles. The molecule has 0 amide bonds. The van der Waals surface area contributed by atoms with E-state index >= 15 is 0 Å². The van der Waals surface area contributed by atoms with E-state index in [1.165, 1.54) is 0 Å². The molecule has 13 heavy (non-hydrogen) atoms. The summed E-state index contributed by atoms with van der Waals surface area (Å²) in [6.45, 7) is 3.81. The molecule has 4 nitrogen and oxygen atoms in total.